The number of hydrazine groups is 1. The summed E-state index contributed by atoms with van der Waals surface area (Å²) in [6.45, 7) is 1.93. The first-order chi connectivity index (χ1) is 12.0. The Balaban J connectivity index is 1.94. The van der Waals surface area contributed by atoms with Gasteiger partial charge in [0.1, 0.15) is 11.5 Å². The zero-order chi connectivity index (χ0) is 18.2. The fourth-order valence-corrected chi connectivity index (χ4v) is 2.06. The molecular weight excluding hydrogens is 320 g/mol. The van der Waals surface area contributed by atoms with Gasteiger partial charge < -0.3 is 9.47 Å². The molecule has 0 unspecified atom stereocenters. The van der Waals surface area contributed by atoms with E-state index in [0.717, 1.165) is 5.56 Å². The molecule has 0 heterocycles. The monoisotopic (exact) mass is 340 g/mol. The van der Waals surface area contributed by atoms with E-state index in [4.69, 9.17) is 9.47 Å². The number of nitrogens with one attached hydrogen (secondary N) is 2. The van der Waals surface area contributed by atoms with Crippen LogP contribution in [0, 0.1) is 6.92 Å². The molecule has 0 bridgehead atoms. The maximum Gasteiger partial charge on any atom is 0.269 e. The molecule has 25 heavy (non-hydrogen) atoms. The van der Waals surface area contributed by atoms with Crippen molar-refractivity contribution >= 4 is 17.9 Å². The molecular formula is C19H20N2O4. The Kier molecular flexibility index (Phi) is 6.17. The van der Waals surface area contributed by atoms with Gasteiger partial charge >= 0.3 is 0 Å². The number of rotatable bonds is 5. The number of amides is 2. The summed E-state index contributed by atoms with van der Waals surface area (Å²) in [6, 6.07) is 12.3. The minimum absolute atomic E-state index is 0.385. The molecule has 0 aliphatic rings. The van der Waals surface area contributed by atoms with E-state index < -0.39 is 5.91 Å². The molecule has 2 N–H and O–H groups in total. The van der Waals surface area contributed by atoms with Crippen molar-refractivity contribution in [2.75, 3.05) is 14.2 Å². The number of aryl methyl sites for hydroxylation is 1. The summed E-state index contributed by atoms with van der Waals surface area (Å²) in [4.78, 5) is 23.8. The molecule has 0 fully saturated rings. The molecule has 2 aromatic rings. The van der Waals surface area contributed by atoms with E-state index in [1.54, 1.807) is 43.5 Å². The quantitative estimate of drug-likeness (QED) is 0.648. The van der Waals surface area contributed by atoms with Crippen molar-refractivity contribution in [2.45, 2.75) is 6.92 Å². The molecule has 2 rings (SSSR count). The molecule has 6 nitrogen and oxygen atoms in total. The highest BCUT2D eigenvalue weighted by atomic mass is 16.5. The van der Waals surface area contributed by atoms with E-state index in [0.29, 0.717) is 22.6 Å². The van der Waals surface area contributed by atoms with Gasteiger partial charge in [0.25, 0.3) is 11.8 Å². The van der Waals surface area contributed by atoms with Crippen molar-refractivity contribution in [1.29, 1.82) is 0 Å². The van der Waals surface area contributed by atoms with Crippen LogP contribution in [-0.4, -0.2) is 26.0 Å². The molecule has 0 atom stereocenters. The van der Waals surface area contributed by atoms with E-state index in [1.165, 1.54) is 13.2 Å². The SMILES string of the molecule is COc1ccc(/C=C/C(=O)NNC(=O)c2ccc(C)cc2)c(OC)c1. The van der Waals surface area contributed by atoms with E-state index >= 15 is 0 Å². The van der Waals surface area contributed by atoms with Crippen LogP contribution in [0.25, 0.3) is 6.08 Å². The molecule has 130 valence electrons. The lowest BCUT2D eigenvalue weighted by Gasteiger charge is -2.08. The molecule has 0 aliphatic heterocycles. The molecule has 0 aromatic heterocycles. The molecule has 6 heteroatoms. The van der Waals surface area contributed by atoms with Crippen molar-refractivity contribution < 1.29 is 19.1 Å². The first-order valence-corrected chi connectivity index (χ1v) is 7.60. The molecule has 2 aromatic carbocycles. The smallest absolute Gasteiger partial charge is 0.269 e. The van der Waals surface area contributed by atoms with Crippen molar-refractivity contribution in [3.05, 3.63) is 65.2 Å². The topological polar surface area (TPSA) is 76.7 Å². The van der Waals surface area contributed by atoms with Gasteiger partial charge in [-0.15, -0.1) is 0 Å². The highest BCUT2D eigenvalue weighted by molar-refractivity contribution is 5.98. The Morgan fingerprint density at radius 2 is 1.68 bits per heavy atom. The largest absolute Gasteiger partial charge is 0.497 e. The maximum atomic E-state index is 11.9. The Morgan fingerprint density at radius 1 is 0.960 bits per heavy atom. The van der Waals surface area contributed by atoms with Gasteiger partial charge in [0.15, 0.2) is 0 Å². The number of methoxy groups -OCH3 is 2. The highest BCUT2D eigenvalue weighted by Crippen LogP contribution is 2.25. The molecule has 0 saturated heterocycles. The predicted octanol–water partition coefficient (Wildman–Crippen LogP) is 2.49. The number of hydrogen-bond donors (Lipinski definition) is 2. The number of carbonyl (C=O) groups is 2. The molecule has 2 amide bonds. The number of ether oxygens (including phenoxy) is 2. The van der Waals surface area contributed by atoms with Crippen LogP contribution < -0.4 is 20.3 Å². The Bertz CT molecular complexity index is 783. The van der Waals surface area contributed by atoms with Gasteiger partial charge in [-0.3, -0.25) is 20.4 Å². The van der Waals surface area contributed by atoms with Gasteiger partial charge in [0, 0.05) is 23.3 Å². The van der Waals surface area contributed by atoms with E-state index in [-0.39, 0.29) is 5.91 Å². The maximum absolute atomic E-state index is 11.9. The summed E-state index contributed by atoms with van der Waals surface area (Å²) < 4.78 is 10.4. The summed E-state index contributed by atoms with van der Waals surface area (Å²) in [7, 11) is 3.10. The number of carbonyl (C=O) groups excluding carboxylic acids is 2. The summed E-state index contributed by atoms with van der Waals surface area (Å²) in [5.74, 6) is 0.387. The molecule has 0 aliphatic carbocycles. The average molecular weight is 340 g/mol. The van der Waals surface area contributed by atoms with E-state index in [2.05, 4.69) is 10.9 Å². The molecule has 0 radical (unpaired) electrons. The summed E-state index contributed by atoms with van der Waals surface area (Å²) in [6.07, 6.45) is 2.89. The third-order valence-corrected chi connectivity index (χ3v) is 3.47. The summed E-state index contributed by atoms with van der Waals surface area (Å²) in [5, 5.41) is 0. The normalized spacial score (nSPS) is 10.4. The van der Waals surface area contributed by atoms with E-state index in [1.807, 2.05) is 19.1 Å². The van der Waals surface area contributed by atoms with Crippen LogP contribution in [0.1, 0.15) is 21.5 Å². The third kappa shape index (κ3) is 5.10. The molecule has 0 saturated carbocycles. The number of hydrogen-bond acceptors (Lipinski definition) is 4. The first-order valence-electron chi connectivity index (χ1n) is 7.60. The lowest BCUT2D eigenvalue weighted by molar-refractivity contribution is -0.117. The Labute approximate surface area is 146 Å². The van der Waals surface area contributed by atoms with Gasteiger partial charge in [-0.2, -0.15) is 0 Å². The van der Waals surface area contributed by atoms with Crippen LogP contribution in [0.5, 0.6) is 11.5 Å². The second kappa shape index (κ2) is 8.54. The average Bonchev–Trinajstić information content (AvgIpc) is 2.64. The Hall–Kier alpha value is -3.28. The van der Waals surface area contributed by atoms with Gasteiger partial charge in [0.2, 0.25) is 0 Å². The summed E-state index contributed by atoms with van der Waals surface area (Å²) >= 11 is 0. The van der Waals surface area contributed by atoms with Crippen LogP contribution in [0.2, 0.25) is 0 Å². The van der Waals surface area contributed by atoms with Crippen molar-refractivity contribution in [3.8, 4) is 11.5 Å². The van der Waals surface area contributed by atoms with Gasteiger partial charge in [0.05, 0.1) is 14.2 Å². The second-order valence-corrected chi connectivity index (χ2v) is 5.25. The Morgan fingerprint density at radius 3 is 2.32 bits per heavy atom. The van der Waals surface area contributed by atoms with Crippen LogP contribution in [0.15, 0.2) is 48.5 Å². The highest BCUT2D eigenvalue weighted by Gasteiger charge is 2.06. The third-order valence-electron chi connectivity index (χ3n) is 3.47. The fourth-order valence-electron chi connectivity index (χ4n) is 2.06. The minimum atomic E-state index is -0.460. The van der Waals surface area contributed by atoms with Crippen LogP contribution in [0.4, 0.5) is 0 Å². The minimum Gasteiger partial charge on any atom is -0.497 e. The zero-order valence-corrected chi connectivity index (χ0v) is 14.3. The predicted molar refractivity (Wildman–Crippen MR) is 95.4 cm³/mol. The number of benzene rings is 2. The van der Waals surface area contributed by atoms with Crippen LogP contribution in [-0.2, 0) is 4.79 Å². The van der Waals surface area contributed by atoms with E-state index in [9.17, 15) is 9.59 Å². The standard InChI is InChI=1S/C19H20N2O4/c1-13-4-6-15(7-5-13)19(23)21-20-18(22)11-9-14-8-10-16(24-2)12-17(14)25-3/h4-12H,1-3H3,(H,20,22)(H,21,23)/b11-9+. The van der Waals surface area contributed by atoms with Crippen molar-refractivity contribution in [3.63, 3.8) is 0 Å². The lowest BCUT2D eigenvalue weighted by Crippen LogP contribution is -2.40. The summed E-state index contributed by atoms with van der Waals surface area (Å²) in [5.41, 5.74) is 6.92. The fraction of sp³-hybridized carbons (Fsp3) is 0.158. The zero-order valence-electron chi connectivity index (χ0n) is 14.3. The van der Waals surface area contributed by atoms with Gasteiger partial charge in [-0.05, 0) is 37.3 Å². The van der Waals surface area contributed by atoms with Gasteiger partial charge in [-0.1, -0.05) is 17.7 Å². The van der Waals surface area contributed by atoms with Crippen LogP contribution in [0.3, 0.4) is 0 Å². The lowest BCUT2D eigenvalue weighted by atomic mass is 10.1. The van der Waals surface area contributed by atoms with Crippen molar-refractivity contribution in [1.82, 2.24) is 10.9 Å². The van der Waals surface area contributed by atoms with Crippen molar-refractivity contribution in [2.24, 2.45) is 0 Å². The molecule has 0 spiro atoms. The second-order valence-electron chi connectivity index (χ2n) is 5.25. The van der Waals surface area contributed by atoms with Gasteiger partial charge in [-0.25, -0.2) is 0 Å². The first kappa shape index (κ1) is 18.1. The van der Waals surface area contributed by atoms with Crippen LogP contribution >= 0.6 is 0 Å².